The predicted molar refractivity (Wildman–Crippen MR) is 161 cm³/mol. The first-order chi connectivity index (χ1) is 20.3. The average molecular weight is 578 g/mol. The van der Waals surface area contributed by atoms with Crippen molar-refractivity contribution < 1.29 is 23.9 Å². The summed E-state index contributed by atoms with van der Waals surface area (Å²) >= 11 is 6.26. The lowest BCUT2D eigenvalue weighted by molar-refractivity contribution is 0.0608. The maximum atomic E-state index is 13.9. The lowest BCUT2D eigenvalue weighted by Crippen LogP contribution is -2.41. The number of carbonyl (C=O) groups is 4. The van der Waals surface area contributed by atoms with Gasteiger partial charge in [0.15, 0.2) is 11.6 Å². The molecule has 1 aliphatic heterocycles. The number of imide groups is 1. The summed E-state index contributed by atoms with van der Waals surface area (Å²) in [4.78, 5) is 60.1. The van der Waals surface area contributed by atoms with Gasteiger partial charge < -0.3 is 10.1 Å². The van der Waals surface area contributed by atoms with E-state index in [2.05, 4.69) is 5.32 Å². The van der Waals surface area contributed by atoms with E-state index < -0.39 is 17.7 Å². The molecule has 0 saturated carbocycles. The highest BCUT2D eigenvalue weighted by molar-refractivity contribution is 6.35. The Morgan fingerprint density at radius 3 is 2.10 bits per heavy atom. The molecule has 0 fully saturated rings. The van der Waals surface area contributed by atoms with Crippen LogP contribution in [-0.2, 0) is 0 Å². The van der Waals surface area contributed by atoms with Gasteiger partial charge in [-0.2, -0.15) is 0 Å². The van der Waals surface area contributed by atoms with Crippen molar-refractivity contribution in [3.8, 4) is 5.75 Å². The second-order valence-corrected chi connectivity index (χ2v) is 11.0. The van der Waals surface area contributed by atoms with Crippen LogP contribution in [0.15, 0.2) is 60.7 Å². The van der Waals surface area contributed by atoms with E-state index in [1.807, 2.05) is 31.2 Å². The standard InChI is InChI=1S/C33H24ClN3O5/c1-3-12-37-32(40)21-9-7-19-27-20(8-10-22(28(21)27)33(37)41)31(39)24(30(19)38)15-35-29-18-6-4-16(34)13-26(18)36-25-11-5-17(42-2)14-23(25)29/h4-11,13-14,24H,3,12,15H2,1-2H3,(H,35,36). The second kappa shape index (κ2) is 9.63. The number of rotatable bonds is 6. The SMILES string of the molecule is CCCN1C(=O)c2ccc3c4c(ccc(c24)C1=O)C(=O)C(CNc1c2ccc(Cl)cc2nc2ccc(OC)cc12)C3=O. The van der Waals surface area contributed by atoms with E-state index in [1.165, 1.54) is 4.90 Å². The van der Waals surface area contributed by atoms with E-state index in [0.717, 1.165) is 10.8 Å². The van der Waals surface area contributed by atoms with Crippen molar-refractivity contribution in [2.75, 3.05) is 25.5 Å². The van der Waals surface area contributed by atoms with Crippen molar-refractivity contribution in [1.82, 2.24) is 9.88 Å². The Morgan fingerprint density at radius 1 is 0.810 bits per heavy atom. The molecule has 0 atom stereocenters. The van der Waals surface area contributed by atoms with Gasteiger partial charge in [0, 0.05) is 61.9 Å². The van der Waals surface area contributed by atoms with Gasteiger partial charge >= 0.3 is 0 Å². The van der Waals surface area contributed by atoms with Crippen LogP contribution in [0, 0.1) is 5.92 Å². The summed E-state index contributed by atoms with van der Waals surface area (Å²) in [6.45, 7) is 2.22. The predicted octanol–water partition coefficient (Wildman–Crippen LogP) is 6.32. The largest absolute Gasteiger partial charge is 0.497 e. The summed E-state index contributed by atoms with van der Waals surface area (Å²) in [6, 6.07) is 17.3. The molecular weight excluding hydrogens is 554 g/mol. The van der Waals surface area contributed by atoms with E-state index in [4.69, 9.17) is 21.3 Å². The van der Waals surface area contributed by atoms with Gasteiger partial charge in [-0.25, -0.2) is 4.98 Å². The number of anilines is 1. The van der Waals surface area contributed by atoms with Crippen molar-refractivity contribution in [3.05, 3.63) is 87.9 Å². The molecule has 0 bridgehead atoms. The Hall–Kier alpha value is -4.82. The van der Waals surface area contributed by atoms with Gasteiger partial charge in [-0.15, -0.1) is 0 Å². The number of ketones is 2. The topological polar surface area (TPSA) is 106 Å². The van der Waals surface area contributed by atoms with Crippen LogP contribution in [0.25, 0.3) is 32.6 Å². The number of amides is 2. The number of nitrogens with one attached hydrogen (secondary N) is 1. The number of fused-ring (bicyclic) bond motifs is 2. The molecular formula is C33H24ClN3O5. The third kappa shape index (κ3) is 3.72. The molecule has 208 valence electrons. The molecule has 8 nitrogen and oxygen atoms in total. The fraction of sp³-hybridized carbons (Fsp3) is 0.182. The fourth-order valence-corrected chi connectivity index (χ4v) is 6.34. The molecule has 9 heteroatoms. The highest BCUT2D eigenvalue weighted by atomic mass is 35.5. The van der Waals surface area contributed by atoms with Crippen molar-refractivity contribution in [2.45, 2.75) is 13.3 Å². The van der Waals surface area contributed by atoms with Gasteiger partial charge in [0.2, 0.25) is 0 Å². The van der Waals surface area contributed by atoms with Crippen LogP contribution in [-0.4, -0.2) is 53.5 Å². The van der Waals surface area contributed by atoms with Crippen LogP contribution in [0.5, 0.6) is 5.75 Å². The zero-order chi connectivity index (χ0) is 29.3. The van der Waals surface area contributed by atoms with E-state index in [9.17, 15) is 19.2 Å². The monoisotopic (exact) mass is 577 g/mol. The lowest BCUT2D eigenvalue weighted by atomic mass is 9.77. The first-order valence-electron chi connectivity index (χ1n) is 13.7. The van der Waals surface area contributed by atoms with E-state index in [-0.39, 0.29) is 18.1 Å². The van der Waals surface area contributed by atoms with Gasteiger partial charge in [0.25, 0.3) is 11.8 Å². The number of pyridine rings is 1. The van der Waals surface area contributed by atoms with E-state index in [1.54, 1.807) is 43.5 Å². The summed E-state index contributed by atoms with van der Waals surface area (Å²) < 4.78 is 5.44. The number of Topliss-reactive ketones (excluding diaryl/α,β-unsaturated/α-hetero) is 2. The first-order valence-corrected chi connectivity index (χ1v) is 14.1. The van der Waals surface area contributed by atoms with Crippen molar-refractivity contribution in [1.29, 1.82) is 0 Å². The zero-order valence-electron chi connectivity index (χ0n) is 22.8. The first kappa shape index (κ1) is 26.1. The minimum Gasteiger partial charge on any atom is -0.497 e. The number of halogens is 1. The van der Waals surface area contributed by atoms with Crippen LogP contribution >= 0.6 is 11.6 Å². The fourth-order valence-electron chi connectivity index (χ4n) is 6.17. The highest BCUT2D eigenvalue weighted by Crippen LogP contribution is 2.40. The Bertz CT molecular complexity index is 1980. The molecule has 1 N–H and O–H groups in total. The van der Waals surface area contributed by atoms with Gasteiger partial charge in [0.1, 0.15) is 11.7 Å². The Kier molecular flexibility index (Phi) is 5.99. The molecule has 2 heterocycles. The number of methoxy groups -OCH3 is 1. The van der Waals surface area contributed by atoms with E-state index in [0.29, 0.717) is 73.5 Å². The molecule has 4 aromatic carbocycles. The normalized spacial score (nSPS) is 14.9. The third-order valence-corrected chi connectivity index (χ3v) is 8.38. The van der Waals surface area contributed by atoms with Crippen LogP contribution in [0.2, 0.25) is 5.02 Å². The summed E-state index contributed by atoms with van der Waals surface area (Å²) in [7, 11) is 1.58. The van der Waals surface area contributed by atoms with Crippen LogP contribution < -0.4 is 10.1 Å². The van der Waals surface area contributed by atoms with Gasteiger partial charge in [-0.05, 0) is 67.1 Å². The average Bonchev–Trinajstić information content (AvgIpc) is 2.99. The Balaban J connectivity index is 1.31. The van der Waals surface area contributed by atoms with Gasteiger partial charge in [0.05, 0.1) is 23.8 Å². The number of nitrogens with zero attached hydrogens (tertiary/aromatic N) is 2. The number of hydrogen-bond acceptors (Lipinski definition) is 7. The highest BCUT2D eigenvalue weighted by Gasteiger charge is 2.40. The molecule has 42 heavy (non-hydrogen) atoms. The van der Waals surface area contributed by atoms with Gasteiger partial charge in [-0.1, -0.05) is 18.5 Å². The maximum Gasteiger partial charge on any atom is 0.261 e. The smallest absolute Gasteiger partial charge is 0.261 e. The minimum atomic E-state index is -1.01. The molecule has 2 aliphatic rings. The molecule has 0 spiro atoms. The molecule has 2 amide bonds. The third-order valence-electron chi connectivity index (χ3n) is 8.15. The zero-order valence-corrected chi connectivity index (χ0v) is 23.5. The van der Waals surface area contributed by atoms with Crippen LogP contribution in [0.3, 0.4) is 0 Å². The van der Waals surface area contributed by atoms with Crippen LogP contribution in [0.1, 0.15) is 54.8 Å². The quantitative estimate of drug-likeness (QED) is 0.143. The molecule has 0 saturated heterocycles. The molecule has 7 rings (SSSR count). The van der Waals surface area contributed by atoms with E-state index >= 15 is 0 Å². The minimum absolute atomic E-state index is 0.0261. The second-order valence-electron chi connectivity index (χ2n) is 10.5. The van der Waals surface area contributed by atoms with Crippen molar-refractivity contribution >= 4 is 73.2 Å². The van der Waals surface area contributed by atoms with Crippen LogP contribution in [0.4, 0.5) is 5.69 Å². The molecule has 0 radical (unpaired) electrons. The molecule has 5 aromatic rings. The number of benzene rings is 4. The summed E-state index contributed by atoms with van der Waals surface area (Å²) in [6.07, 6.45) is 0.625. The molecule has 1 aromatic heterocycles. The summed E-state index contributed by atoms with van der Waals surface area (Å²) in [5, 5.41) is 6.24. The van der Waals surface area contributed by atoms with Crippen molar-refractivity contribution in [3.63, 3.8) is 0 Å². The van der Waals surface area contributed by atoms with Crippen molar-refractivity contribution in [2.24, 2.45) is 5.92 Å². The number of ether oxygens (including phenoxy) is 1. The molecule has 1 aliphatic carbocycles. The lowest BCUT2D eigenvalue weighted by Gasteiger charge is -2.30. The Morgan fingerprint density at radius 2 is 1.45 bits per heavy atom. The number of carbonyl (C=O) groups excluding carboxylic acids is 4. The Labute approximate surface area is 245 Å². The maximum absolute atomic E-state index is 13.9. The molecule has 0 unspecified atom stereocenters. The summed E-state index contributed by atoms with van der Waals surface area (Å²) in [5.74, 6) is -1.91. The summed E-state index contributed by atoms with van der Waals surface area (Å²) in [5.41, 5.74) is 3.40. The number of aromatic nitrogens is 1. The van der Waals surface area contributed by atoms with Gasteiger partial charge in [-0.3, -0.25) is 24.1 Å². The number of hydrogen-bond donors (Lipinski definition) is 1.